The summed E-state index contributed by atoms with van der Waals surface area (Å²) in [4.78, 5) is 17.9. The Kier molecular flexibility index (Phi) is 5.33. The molecule has 0 aliphatic heterocycles. The van der Waals surface area contributed by atoms with Gasteiger partial charge in [0.2, 0.25) is 0 Å². The standard InChI is InChI=1S/C26H24N8O2/c1-32-21-15-17(36-2)10-11-19(21)28-24(32)16-34-20-8-4-3-7-18(20)25(31-34)26(35)27-13-12-23-30-29-22-9-5-6-14-33(22)23/h3-11,14-15H,12-13,16H2,1-2H3,(H,27,35). The van der Waals surface area contributed by atoms with E-state index in [-0.39, 0.29) is 5.91 Å². The molecule has 0 atom stereocenters. The Morgan fingerprint density at radius 2 is 1.86 bits per heavy atom. The smallest absolute Gasteiger partial charge is 0.272 e. The van der Waals surface area contributed by atoms with Crippen molar-refractivity contribution in [3.05, 3.63) is 84.2 Å². The van der Waals surface area contributed by atoms with Gasteiger partial charge >= 0.3 is 0 Å². The molecule has 10 nitrogen and oxygen atoms in total. The fourth-order valence-electron chi connectivity index (χ4n) is 4.47. The van der Waals surface area contributed by atoms with Crippen LogP contribution in [-0.2, 0) is 20.0 Å². The van der Waals surface area contributed by atoms with Gasteiger partial charge in [0.05, 0.1) is 30.2 Å². The Morgan fingerprint density at radius 1 is 1.00 bits per heavy atom. The molecule has 1 amide bonds. The first-order chi connectivity index (χ1) is 17.6. The third kappa shape index (κ3) is 3.72. The van der Waals surface area contributed by atoms with Gasteiger partial charge < -0.3 is 14.6 Å². The number of para-hydroxylation sites is 1. The maximum atomic E-state index is 13.1. The molecule has 1 N–H and O–H groups in total. The van der Waals surface area contributed by atoms with Crippen molar-refractivity contribution in [1.82, 2.24) is 39.2 Å². The zero-order chi connectivity index (χ0) is 24.6. The van der Waals surface area contributed by atoms with Crippen molar-refractivity contribution >= 4 is 33.5 Å². The molecule has 0 saturated carbocycles. The fraction of sp³-hybridized carbons (Fsp3) is 0.192. The number of fused-ring (bicyclic) bond motifs is 3. The zero-order valence-corrected chi connectivity index (χ0v) is 19.9. The van der Waals surface area contributed by atoms with E-state index in [1.165, 1.54) is 0 Å². The molecule has 6 aromatic rings. The van der Waals surface area contributed by atoms with E-state index in [9.17, 15) is 4.79 Å². The van der Waals surface area contributed by atoms with Crippen molar-refractivity contribution in [3.8, 4) is 5.75 Å². The molecule has 0 saturated heterocycles. The topological polar surface area (TPSA) is 104 Å². The van der Waals surface area contributed by atoms with Gasteiger partial charge in [0, 0.05) is 37.7 Å². The second-order valence-corrected chi connectivity index (χ2v) is 8.52. The molecule has 180 valence electrons. The van der Waals surface area contributed by atoms with Gasteiger partial charge in [0.25, 0.3) is 5.91 Å². The number of nitrogens with zero attached hydrogens (tertiary/aromatic N) is 7. The summed E-state index contributed by atoms with van der Waals surface area (Å²) in [6.45, 7) is 0.843. The molecular formula is C26H24N8O2. The number of hydrogen-bond donors (Lipinski definition) is 1. The quantitative estimate of drug-likeness (QED) is 0.377. The molecule has 4 heterocycles. The number of carbonyl (C=O) groups is 1. The molecule has 0 aliphatic rings. The van der Waals surface area contributed by atoms with Crippen LogP contribution in [0.4, 0.5) is 0 Å². The van der Waals surface area contributed by atoms with Gasteiger partial charge in [0.1, 0.15) is 17.4 Å². The highest BCUT2D eigenvalue weighted by Gasteiger charge is 2.19. The first kappa shape index (κ1) is 21.8. The number of aryl methyl sites for hydroxylation is 1. The van der Waals surface area contributed by atoms with Gasteiger partial charge in [-0.1, -0.05) is 24.3 Å². The van der Waals surface area contributed by atoms with Gasteiger partial charge in [-0.05, 0) is 30.3 Å². The van der Waals surface area contributed by atoms with Gasteiger partial charge in [-0.2, -0.15) is 5.10 Å². The average molecular weight is 481 g/mol. The van der Waals surface area contributed by atoms with Crippen molar-refractivity contribution < 1.29 is 9.53 Å². The molecule has 10 heteroatoms. The molecular weight excluding hydrogens is 456 g/mol. The lowest BCUT2D eigenvalue weighted by Gasteiger charge is -2.05. The molecule has 0 unspecified atom stereocenters. The highest BCUT2D eigenvalue weighted by Crippen LogP contribution is 2.23. The van der Waals surface area contributed by atoms with Crippen molar-refractivity contribution in [2.24, 2.45) is 7.05 Å². The number of nitrogens with one attached hydrogen (secondary N) is 1. The van der Waals surface area contributed by atoms with Crippen LogP contribution in [0, 0.1) is 0 Å². The first-order valence-electron chi connectivity index (χ1n) is 11.6. The fourth-order valence-corrected chi connectivity index (χ4v) is 4.47. The number of pyridine rings is 1. The normalized spacial score (nSPS) is 11.5. The lowest BCUT2D eigenvalue weighted by Crippen LogP contribution is -2.27. The second-order valence-electron chi connectivity index (χ2n) is 8.52. The van der Waals surface area contributed by atoms with Crippen molar-refractivity contribution in [1.29, 1.82) is 0 Å². The Morgan fingerprint density at radius 3 is 2.75 bits per heavy atom. The SMILES string of the molecule is COc1ccc2nc(Cn3nc(C(=O)NCCc4nnc5ccccn45)c4ccccc43)n(C)c2c1. The summed E-state index contributed by atoms with van der Waals surface area (Å²) in [5, 5.41) is 16.9. The Bertz CT molecular complexity index is 1730. The molecule has 4 aromatic heterocycles. The molecule has 0 bridgehead atoms. The summed E-state index contributed by atoms with van der Waals surface area (Å²) < 4.78 is 11.1. The van der Waals surface area contributed by atoms with E-state index in [4.69, 9.17) is 9.72 Å². The average Bonchev–Trinajstić information content (AvgIpc) is 3.58. The van der Waals surface area contributed by atoms with E-state index in [2.05, 4.69) is 20.6 Å². The number of methoxy groups -OCH3 is 1. The number of imidazole rings is 1. The summed E-state index contributed by atoms with van der Waals surface area (Å²) >= 11 is 0. The van der Waals surface area contributed by atoms with Crippen molar-refractivity contribution in [2.45, 2.75) is 13.0 Å². The Hall–Kier alpha value is -4.73. The lowest BCUT2D eigenvalue weighted by molar-refractivity contribution is 0.0949. The van der Waals surface area contributed by atoms with Crippen LogP contribution in [0.25, 0.3) is 27.6 Å². The minimum absolute atomic E-state index is 0.228. The predicted molar refractivity (Wildman–Crippen MR) is 135 cm³/mol. The number of carbonyl (C=O) groups excluding carboxylic acids is 1. The summed E-state index contributed by atoms with van der Waals surface area (Å²) in [7, 11) is 3.62. The van der Waals surface area contributed by atoms with Crippen LogP contribution in [-0.4, -0.2) is 53.5 Å². The molecule has 6 rings (SSSR count). The molecule has 0 spiro atoms. The van der Waals surface area contributed by atoms with Gasteiger partial charge in [-0.3, -0.25) is 13.9 Å². The lowest BCUT2D eigenvalue weighted by atomic mass is 10.2. The summed E-state index contributed by atoms with van der Waals surface area (Å²) in [6.07, 6.45) is 2.47. The Labute approximate surface area is 206 Å². The van der Waals surface area contributed by atoms with Crippen molar-refractivity contribution in [2.75, 3.05) is 13.7 Å². The largest absolute Gasteiger partial charge is 0.497 e. The number of hydrogen-bond acceptors (Lipinski definition) is 6. The number of aromatic nitrogens is 7. The van der Waals surface area contributed by atoms with Crippen LogP contribution in [0.15, 0.2) is 66.9 Å². The maximum Gasteiger partial charge on any atom is 0.272 e. The van der Waals surface area contributed by atoms with Crippen LogP contribution >= 0.6 is 0 Å². The van der Waals surface area contributed by atoms with Crippen LogP contribution in [0.2, 0.25) is 0 Å². The second kappa shape index (κ2) is 8.81. The summed E-state index contributed by atoms with van der Waals surface area (Å²) in [6, 6.07) is 19.3. The van der Waals surface area contributed by atoms with E-state index in [1.807, 2.05) is 87.6 Å². The molecule has 36 heavy (non-hydrogen) atoms. The monoisotopic (exact) mass is 480 g/mol. The summed E-state index contributed by atoms with van der Waals surface area (Å²) in [5.74, 6) is 2.17. The van der Waals surface area contributed by atoms with Gasteiger partial charge in [0.15, 0.2) is 11.3 Å². The van der Waals surface area contributed by atoms with E-state index < -0.39 is 0 Å². The number of amides is 1. The van der Waals surface area contributed by atoms with E-state index >= 15 is 0 Å². The molecule has 0 fully saturated rings. The minimum atomic E-state index is -0.228. The highest BCUT2D eigenvalue weighted by molar-refractivity contribution is 6.04. The molecule has 0 radical (unpaired) electrons. The Balaban J connectivity index is 1.25. The van der Waals surface area contributed by atoms with Crippen molar-refractivity contribution in [3.63, 3.8) is 0 Å². The first-order valence-corrected chi connectivity index (χ1v) is 11.6. The zero-order valence-electron chi connectivity index (χ0n) is 19.9. The van der Waals surface area contributed by atoms with Gasteiger partial charge in [-0.25, -0.2) is 4.98 Å². The summed E-state index contributed by atoms with van der Waals surface area (Å²) in [5.41, 5.74) is 3.89. The highest BCUT2D eigenvalue weighted by atomic mass is 16.5. The predicted octanol–water partition coefficient (Wildman–Crippen LogP) is 3.00. The molecule has 0 aliphatic carbocycles. The van der Waals surface area contributed by atoms with Crippen LogP contribution in [0.1, 0.15) is 22.1 Å². The van der Waals surface area contributed by atoms with E-state index in [0.29, 0.717) is 25.2 Å². The van der Waals surface area contributed by atoms with Crippen LogP contribution in [0.5, 0.6) is 5.75 Å². The molecule has 2 aromatic carbocycles. The third-order valence-electron chi connectivity index (χ3n) is 6.36. The van der Waals surface area contributed by atoms with Crippen LogP contribution < -0.4 is 10.1 Å². The van der Waals surface area contributed by atoms with Gasteiger partial charge in [-0.15, -0.1) is 10.2 Å². The van der Waals surface area contributed by atoms with E-state index in [1.54, 1.807) is 7.11 Å². The number of benzene rings is 2. The number of ether oxygens (including phenoxy) is 1. The minimum Gasteiger partial charge on any atom is -0.497 e. The van der Waals surface area contributed by atoms with Crippen LogP contribution in [0.3, 0.4) is 0 Å². The van der Waals surface area contributed by atoms with E-state index in [0.717, 1.165) is 45.0 Å². The third-order valence-corrected chi connectivity index (χ3v) is 6.36. The maximum absolute atomic E-state index is 13.1. The number of rotatable bonds is 7.